The van der Waals surface area contributed by atoms with Crippen molar-refractivity contribution >= 4 is 22.5 Å². The van der Waals surface area contributed by atoms with E-state index < -0.39 is 5.91 Å². The Kier molecular flexibility index (Phi) is 4.46. The molecule has 1 aliphatic heterocycles. The van der Waals surface area contributed by atoms with Crippen molar-refractivity contribution in [2.75, 3.05) is 26.4 Å². The molecular formula is C19H20N2O5. The highest BCUT2D eigenvalue weighted by Gasteiger charge is 2.34. The lowest BCUT2D eigenvalue weighted by Crippen LogP contribution is -2.22. The standard InChI is InChI=1S/C19H20N2O5/c20-18(23)16-7-11-1-2-21-19-15(11)8-17(16)25-4-3-24-9-12-5-14(22)6-13(12)10-26-19/h1-2,7-8,12-13H,3-6,9-10H2,(H2,20,23). The molecule has 2 bridgehead atoms. The van der Waals surface area contributed by atoms with Crippen LogP contribution in [0.15, 0.2) is 24.4 Å². The summed E-state index contributed by atoms with van der Waals surface area (Å²) in [6, 6.07) is 5.21. The highest BCUT2D eigenvalue weighted by atomic mass is 16.5. The summed E-state index contributed by atoms with van der Waals surface area (Å²) in [7, 11) is 0. The molecule has 2 aromatic rings. The summed E-state index contributed by atoms with van der Waals surface area (Å²) in [6.07, 6.45) is 2.65. The highest BCUT2D eigenvalue weighted by molar-refractivity contribution is 6.01. The molecule has 1 amide bonds. The number of carbonyl (C=O) groups is 2. The van der Waals surface area contributed by atoms with Gasteiger partial charge in [-0.2, -0.15) is 0 Å². The SMILES string of the molecule is NC(=O)c1cc2ccnc3c2cc1OCCOCC1CC(=O)CC1CO3. The summed E-state index contributed by atoms with van der Waals surface area (Å²) in [6.45, 7) is 1.54. The van der Waals surface area contributed by atoms with Gasteiger partial charge in [-0.15, -0.1) is 0 Å². The number of nitrogens with zero attached hydrogens (tertiary/aromatic N) is 1. The number of nitrogens with two attached hydrogens (primary N) is 1. The minimum Gasteiger partial charge on any atom is -0.490 e. The van der Waals surface area contributed by atoms with Crippen LogP contribution in [0.4, 0.5) is 0 Å². The Morgan fingerprint density at radius 2 is 1.92 bits per heavy atom. The second kappa shape index (κ2) is 6.92. The van der Waals surface area contributed by atoms with E-state index in [1.807, 2.05) is 0 Å². The van der Waals surface area contributed by atoms with Gasteiger partial charge in [-0.1, -0.05) is 0 Å². The lowest BCUT2D eigenvalue weighted by molar-refractivity contribution is -0.117. The van der Waals surface area contributed by atoms with Crippen molar-refractivity contribution in [3.63, 3.8) is 0 Å². The van der Waals surface area contributed by atoms with Crippen molar-refractivity contribution in [2.24, 2.45) is 17.6 Å². The Bertz CT molecular complexity index is 866. The number of hydrogen-bond acceptors (Lipinski definition) is 6. The van der Waals surface area contributed by atoms with Gasteiger partial charge in [0.05, 0.1) is 25.4 Å². The smallest absolute Gasteiger partial charge is 0.252 e. The Morgan fingerprint density at radius 1 is 1.12 bits per heavy atom. The van der Waals surface area contributed by atoms with E-state index in [-0.39, 0.29) is 24.2 Å². The first-order chi connectivity index (χ1) is 12.6. The van der Waals surface area contributed by atoms with E-state index in [2.05, 4.69) is 4.98 Å². The van der Waals surface area contributed by atoms with Crippen LogP contribution in [-0.4, -0.2) is 43.1 Å². The predicted molar refractivity (Wildman–Crippen MR) is 93.3 cm³/mol. The van der Waals surface area contributed by atoms with Gasteiger partial charge in [-0.05, 0) is 29.5 Å². The summed E-state index contributed by atoms with van der Waals surface area (Å²) >= 11 is 0. The van der Waals surface area contributed by atoms with Gasteiger partial charge in [0.25, 0.3) is 5.91 Å². The van der Waals surface area contributed by atoms with Crippen molar-refractivity contribution in [2.45, 2.75) is 12.8 Å². The average Bonchev–Trinajstić information content (AvgIpc) is 2.98. The lowest BCUT2D eigenvalue weighted by Gasteiger charge is -2.19. The first kappa shape index (κ1) is 16.8. The normalized spacial score (nSPS) is 23.3. The molecule has 1 fully saturated rings. The highest BCUT2D eigenvalue weighted by Crippen LogP contribution is 2.34. The molecule has 0 spiro atoms. The number of pyridine rings is 1. The predicted octanol–water partition coefficient (Wildman–Crippen LogP) is 1.72. The molecule has 2 heterocycles. The van der Waals surface area contributed by atoms with Gasteiger partial charge in [0, 0.05) is 30.3 Å². The third-order valence-electron chi connectivity index (χ3n) is 4.99. The molecule has 7 heteroatoms. The maximum atomic E-state index is 11.8. The molecule has 2 aliphatic rings. The lowest BCUT2D eigenvalue weighted by atomic mass is 9.98. The van der Waals surface area contributed by atoms with Crippen LogP contribution in [0.5, 0.6) is 11.6 Å². The molecule has 1 aliphatic carbocycles. The number of aromatic nitrogens is 1. The second-order valence-electron chi connectivity index (χ2n) is 6.75. The maximum absolute atomic E-state index is 11.8. The molecule has 2 atom stereocenters. The number of rotatable bonds is 1. The van der Waals surface area contributed by atoms with Crippen LogP contribution in [0.1, 0.15) is 23.2 Å². The molecule has 0 radical (unpaired) electrons. The van der Waals surface area contributed by atoms with Crippen LogP contribution in [0.2, 0.25) is 0 Å². The van der Waals surface area contributed by atoms with Gasteiger partial charge >= 0.3 is 0 Å². The van der Waals surface area contributed by atoms with E-state index in [0.29, 0.717) is 49.9 Å². The zero-order valence-electron chi connectivity index (χ0n) is 14.3. The molecular weight excluding hydrogens is 336 g/mol. The molecule has 26 heavy (non-hydrogen) atoms. The fraction of sp³-hybridized carbons (Fsp3) is 0.421. The molecule has 2 unspecified atom stereocenters. The maximum Gasteiger partial charge on any atom is 0.252 e. The fourth-order valence-electron chi connectivity index (χ4n) is 3.62. The van der Waals surface area contributed by atoms with Gasteiger partial charge < -0.3 is 19.9 Å². The molecule has 0 saturated heterocycles. The van der Waals surface area contributed by atoms with Gasteiger partial charge in [0.2, 0.25) is 5.88 Å². The summed E-state index contributed by atoms with van der Waals surface area (Å²) < 4.78 is 17.4. The first-order valence-corrected chi connectivity index (χ1v) is 8.69. The van der Waals surface area contributed by atoms with E-state index in [1.54, 1.807) is 24.4 Å². The fourth-order valence-corrected chi connectivity index (χ4v) is 3.62. The second-order valence-corrected chi connectivity index (χ2v) is 6.75. The minimum atomic E-state index is -0.556. The molecule has 1 aromatic heterocycles. The molecule has 7 nitrogen and oxygen atoms in total. The number of primary amides is 1. The molecule has 1 aromatic carbocycles. The molecule has 2 N–H and O–H groups in total. The number of ketones is 1. The zero-order chi connectivity index (χ0) is 18.1. The number of hydrogen-bond donors (Lipinski definition) is 1. The summed E-state index contributed by atoms with van der Waals surface area (Å²) in [5, 5.41) is 1.54. The molecule has 1 saturated carbocycles. The van der Waals surface area contributed by atoms with E-state index in [9.17, 15) is 9.59 Å². The Labute approximate surface area is 150 Å². The monoisotopic (exact) mass is 356 g/mol. The van der Waals surface area contributed by atoms with Gasteiger partial charge in [0.15, 0.2) is 0 Å². The van der Waals surface area contributed by atoms with Gasteiger partial charge in [-0.25, -0.2) is 4.98 Å². The van der Waals surface area contributed by atoms with E-state index in [0.717, 1.165) is 10.8 Å². The van der Waals surface area contributed by atoms with E-state index in [4.69, 9.17) is 19.9 Å². The molecule has 136 valence electrons. The number of amides is 1. The van der Waals surface area contributed by atoms with Crippen LogP contribution in [0, 0.1) is 11.8 Å². The van der Waals surface area contributed by atoms with Crippen molar-refractivity contribution in [1.82, 2.24) is 4.98 Å². The first-order valence-electron chi connectivity index (χ1n) is 8.69. The summed E-state index contributed by atoms with van der Waals surface area (Å²) in [5.41, 5.74) is 5.80. The third-order valence-corrected chi connectivity index (χ3v) is 4.99. The Morgan fingerprint density at radius 3 is 2.73 bits per heavy atom. The van der Waals surface area contributed by atoms with Crippen LogP contribution < -0.4 is 15.2 Å². The van der Waals surface area contributed by atoms with Crippen LogP contribution >= 0.6 is 0 Å². The number of carbonyl (C=O) groups excluding carboxylic acids is 2. The van der Waals surface area contributed by atoms with E-state index >= 15 is 0 Å². The van der Waals surface area contributed by atoms with Crippen molar-refractivity contribution in [3.8, 4) is 11.6 Å². The number of fused-ring (bicyclic) bond motifs is 2. The number of ether oxygens (including phenoxy) is 3. The van der Waals surface area contributed by atoms with Crippen LogP contribution in [0.3, 0.4) is 0 Å². The van der Waals surface area contributed by atoms with Gasteiger partial charge in [0.1, 0.15) is 18.1 Å². The summed E-state index contributed by atoms with van der Waals surface area (Å²) in [4.78, 5) is 27.9. The van der Waals surface area contributed by atoms with Crippen molar-refractivity contribution < 1.29 is 23.8 Å². The van der Waals surface area contributed by atoms with Crippen LogP contribution in [-0.2, 0) is 9.53 Å². The van der Waals surface area contributed by atoms with Crippen molar-refractivity contribution in [3.05, 3.63) is 30.0 Å². The third kappa shape index (κ3) is 3.22. The summed E-state index contributed by atoms with van der Waals surface area (Å²) in [5.74, 6) is 0.800. The quantitative estimate of drug-likeness (QED) is 0.835. The molecule has 4 rings (SSSR count). The van der Waals surface area contributed by atoms with E-state index in [1.165, 1.54) is 0 Å². The average molecular weight is 356 g/mol. The zero-order valence-corrected chi connectivity index (χ0v) is 14.3. The minimum absolute atomic E-state index is 0.116. The number of benzene rings is 1. The van der Waals surface area contributed by atoms with Crippen LogP contribution in [0.25, 0.3) is 10.8 Å². The Hall–Kier alpha value is -2.67. The largest absolute Gasteiger partial charge is 0.490 e. The number of Topliss-reactive ketones (excluding diaryl/α,β-unsaturated/α-hetero) is 1. The van der Waals surface area contributed by atoms with Gasteiger partial charge in [-0.3, -0.25) is 9.59 Å². The Balaban J connectivity index is 1.73. The van der Waals surface area contributed by atoms with Crippen molar-refractivity contribution in [1.29, 1.82) is 0 Å². The topological polar surface area (TPSA) is 101 Å².